The molecule has 6 heteroatoms. The van der Waals surface area contributed by atoms with Crippen molar-refractivity contribution in [3.05, 3.63) is 28.2 Å². The third-order valence-corrected chi connectivity index (χ3v) is 4.02. The highest BCUT2D eigenvalue weighted by Crippen LogP contribution is 2.25. The van der Waals surface area contributed by atoms with Gasteiger partial charge in [0.15, 0.2) is 0 Å². The van der Waals surface area contributed by atoms with Crippen molar-refractivity contribution >= 4 is 32.7 Å². The second-order valence-electron chi connectivity index (χ2n) is 3.40. The van der Waals surface area contributed by atoms with Crippen molar-refractivity contribution < 1.29 is 18.8 Å². The van der Waals surface area contributed by atoms with Gasteiger partial charge >= 0.3 is 5.97 Å². The van der Waals surface area contributed by atoms with Crippen LogP contribution >= 0.6 is 15.9 Å². The van der Waals surface area contributed by atoms with Crippen molar-refractivity contribution in [1.82, 2.24) is 0 Å². The van der Waals surface area contributed by atoms with Crippen molar-refractivity contribution in [3.63, 3.8) is 0 Å². The number of carboxylic acids is 1. The van der Waals surface area contributed by atoms with Crippen LogP contribution in [0.1, 0.15) is 12.0 Å². The molecule has 0 heterocycles. The van der Waals surface area contributed by atoms with E-state index in [0.29, 0.717) is 11.5 Å². The highest BCUT2D eigenvalue weighted by Gasteiger charge is 2.07. The molecule has 1 unspecified atom stereocenters. The first-order valence-corrected chi connectivity index (χ1v) is 7.20. The molecule has 0 amide bonds. The lowest BCUT2D eigenvalue weighted by molar-refractivity contribution is -0.136. The molecule has 1 aromatic rings. The van der Waals surface area contributed by atoms with Gasteiger partial charge in [0.25, 0.3) is 0 Å². The molecule has 94 valence electrons. The summed E-state index contributed by atoms with van der Waals surface area (Å²) in [5, 5.41) is 8.48. The molecule has 1 N–H and O–H groups in total. The van der Waals surface area contributed by atoms with E-state index in [1.165, 1.54) is 0 Å². The van der Waals surface area contributed by atoms with E-state index in [1.54, 1.807) is 13.2 Å². The summed E-state index contributed by atoms with van der Waals surface area (Å²) in [7, 11) is 0.423. The fourth-order valence-electron chi connectivity index (χ4n) is 1.26. The Bertz CT molecular complexity index is 433. The number of ether oxygens (including phenoxy) is 1. The molecule has 0 aliphatic rings. The first-order chi connectivity index (χ1) is 8.02. The number of methoxy groups -OCH3 is 1. The molecule has 0 saturated carbocycles. The Morgan fingerprint density at radius 3 is 2.76 bits per heavy atom. The Kier molecular flexibility index (Phi) is 5.64. The molecule has 0 aliphatic carbocycles. The first-order valence-electron chi connectivity index (χ1n) is 4.92. The van der Waals surface area contributed by atoms with Crippen LogP contribution in [-0.2, 0) is 21.3 Å². The maximum atomic E-state index is 11.6. The minimum atomic E-state index is -1.15. The zero-order chi connectivity index (χ0) is 12.8. The SMILES string of the molecule is COc1ccc(CS(=O)CCC(=O)O)cc1Br. The predicted octanol–water partition coefficient (Wildman–Crippen LogP) is 2.18. The second-order valence-corrected chi connectivity index (χ2v) is 5.83. The quantitative estimate of drug-likeness (QED) is 0.872. The van der Waals surface area contributed by atoms with E-state index in [4.69, 9.17) is 9.84 Å². The minimum absolute atomic E-state index is 0.0655. The van der Waals surface area contributed by atoms with E-state index >= 15 is 0 Å². The Morgan fingerprint density at radius 2 is 2.24 bits per heavy atom. The molecule has 4 nitrogen and oxygen atoms in total. The standard InChI is InChI=1S/C11H13BrO4S/c1-16-10-3-2-8(6-9(10)12)7-17(15)5-4-11(13)14/h2-3,6H,4-5,7H2,1H3,(H,13,14). The van der Waals surface area contributed by atoms with Gasteiger partial charge in [-0.1, -0.05) is 6.07 Å². The number of hydrogen-bond acceptors (Lipinski definition) is 3. The molecule has 1 aromatic carbocycles. The second kappa shape index (κ2) is 6.76. The molecule has 0 aromatic heterocycles. The van der Waals surface area contributed by atoms with Crippen LogP contribution in [0.3, 0.4) is 0 Å². The largest absolute Gasteiger partial charge is 0.496 e. The molecule has 17 heavy (non-hydrogen) atoms. The predicted molar refractivity (Wildman–Crippen MR) is 69.7 cm³/mol. The van der Waals surface area contributed by atoms with Gasteiger partial charge in [-0.3, -0.25) is 9.00 Å². The first kappa shape index (κ1) is 14.2. The average molecular weight is 321 g/mol. The summed E-state index contributed by atoms with van der Waals surface area (Å²) in [6.07, 6.45) is -0.0655. The summed E-state index contributed by atoms with van der Waals surface area (Å²) in [5.74, 6) is 0.328. The van der Waals surface area contributed by atoms with E-state index in [1.807, 2.05) is 12.1 Å². The summed E-state index contributed by atoms with van der Waals surface area (Å²) in [6, 6.07) is 5.44. The van der Waals surface area contributed by atoms with Crippen molar-refractivity contribution in [2.75, 3.05) is 12.9 Å². The molecular formula is C11H13BrO4S. The maximum Gasteiger partial charge on any atom is 0.304 e. The van der Waals surface area contributed by atoms with Crippen molar-refractivity contribution in [2.24, 2.45) is 0 Å². The Hall–Kier alpha value is -0.880. The molecule has 1 rings (SSSR count). The van der Waals surface area contributed by atoms with E-state index in [2.05, 4.69) is 15.9 Å². The molecule has 0 fully saturated rings. The smallest absolute Gasteiger partial charge is 0.304 e. The maximum absolute atomic E-state index is 11.6. The number of carbonyl (C=O) groups is 1. The fraction of sp³-hybridized carbons (Fsp3) is 0.364. The fourth-order valence-corrected chi connectivity index (χ4v) is 2.94. The Labute approximate surface area is 111 Å². The zero-order valence-electron chi connectivity index (χ0n) is 9.31. The molecule has 0 aliphatic heterocycles. The van der Waals surface area contributed by atoms with Gasteiger partial charge in [0.05, 0.1) is 18.0 Å². The Morgan fingerprint density at radius 1 is 1.53 bits per heavy atom. The third kappa shape index (κ3) is 4.87. The highest BCUT2D eigenvalue weighted by atomic mass is 79.9. The molecule has 1 atom stereocenters. The number of halogens is 1. The summed E-state index contributed by atoms with van der Waals surface area (Å²) in [5.41, 5.74) is 0.890. The van der Waals surface area contributed by atoms with Crippen molar-refractivity contribution in [3.8, 4) is 5.75 Å². The van der Waals surface area contributed by atoms with Crippen LogP contribution in [0, 0.1) is 0 Å². The van der Waals surface area contributed by atoms with Crippen molar-refractivity contribution in [2.45, 2.75) is 12.2 Å². The topological polar surface area (TPSA) is 63.6 Å². The molecule has 0 saturated heterocycles. The molecular weight excluding hydrogens is 308 g/mol. The average Bonchev–Trinajstić information content (AvgIpc) is 2.26. The van der Waals surface area contributed by atoms with Crippen LogP contribution in [0.4, 0.5) is 0 Å². The van der Waals surface area contributed by atoms with Crippen LogP contribution in [0.5, 0.6) is 5.75 Å². The van der Waals surface area contributed by atoms with Crippen LogP contribution in [0.15, 0.2) is 22.7 Å². The monoisotopic (exact) mass is 320 g/mol. The van der Waals surface area contributed by atoms with Gasteiger partial charge in [-0.05, 0) is 33.6 Å². The van der Waals surface area contributed by atoms with Gasteiger partial charge in [0.1, 0.15) is 5.75 Å². The van der Waals surface area contributed by atoms with Gasteiger partial charge < -0.3 is 9.84 Å². The van der Waals surface area contributed by atoms with Gasteiger partial charge in [0, 0.05) is 22.3 Å². The normalized spacial score (nSPS) is 12.1. The number of hydrogen-bond donors (Lipinski definition) is 1. The van der Waals surface area contributed by atoms with Gasteiger partial charge in [-0.15, -0.1) is 0 Å². The van der Waals surface area contributed by atoms with Gasteiger partial charge in [-0.2, -0.15) is 0 Å². The van der Waals surface area contributed by atoms with Gasteiger partial charge in [0.2, 0.25) is 0 Å². The van der Waals surface area contributed by atoms with Gasteiger partial charge in [-0.25, -0.2) is 0 Å². The molecule has 0 radical (unpaired) electrons. The summed E-state index contributed by atoms with van der Waals surface area (Å²) < 4.78 is 17.5. The van der Waals surface area contributed by atoms with E-state index in [0.717, 1.165) is 10.0 Å². The summed E-state index contributed by atoms with van der Waals surface area (Å²) in [6.45, 7) is 0. The number of benzene rings is 1. The van der Waals surface area contributed by atoms with Crippen LogP contribution in [0.2, 0.25) is 0 Å². The molecule has 0 spiro atoms. The minimum Gasteiger partial charge on any atom is -0.496 e. The lowest BCUT2D eigenvalue weighted by Gasteiger charge is -2.06. The number of carboxylic acid groups (broad SMARTS) is 1. The highest BCUT2D eigenvalue weighted by molar-refractivity contribution is 9.10. The summed E-state index contributed by atoms with van der Waals surface area (Å²) in [4.78, 5) is 10.3. The zero-order valence-corrected chi connectivity index (χ0v) is 11.7. The lowest BCUT2D eigenvalue weighted by atomic mass is 10.2. The Balaban J connectivity index is 2.60. The summed E-state index contributed by atoms with van der Waals surface area (Å²) >= 11 is 3.34. The third-order valence-electron chi connectivity index (χ3n) is 2.09. The molecule has 0 bridgehead atoms. The van der Waals surface area contributed by atoms with Crippen LogP contribution < -0.4 is 4.74 Å². The number of aliphatic carboxylic acids is 1. The van der Waals surface area contributed by atoms with Crippen molar-refractivity contribution in [1.29, 1.82) is 0 Å². The van der Waals surface area contributed by atoms with Crippen LogP contribution in [0.25, 0.3) is 0 Å². The van der Waals surface area contributed by atoms with E-state index < -0.39 is 16.8 Å². The van der Waals surface area contributed by atoms with E-state index in [9.17, 15) is 9.00 Å². The van der Waals surface area contributed by atoms with Crippen LogP contribution in [-0.4, -0.2) is 28.1 Å². The lowest BCUT2D eigenvalue weighted by Crippen LogP contribution is -2.06. The number of rotatable bonds is 6. The van der Waals surface area contributed by atoms with E-state index in [-0.39, 0.29) is 12.2 Å².